The highest BCUT2D eigenvalue weighted by Crippen LogP contribution is 2.21. The normalized spacial score (nSPS) is 11.8. The van der Waals surface area contributed by atoms with Gasteiger partial charge in [-0.15, -0.1) is 0 Å². The second kappa shape index (κ2) is 10.1. The van der Waals surface area contributed by atoms with Gasteiger partial charge in [0, 0.05) is 12.3 Å². The molecule has 2 aromatic heterocycles. The van der Waals surface area contributed by atoms with Crippen LogP contribution in [-0.4, -0.2) is 20.5 Å². The van der Waals surface area contributed by atoms with Crippen molar-refractivity contribution in [2.24, 2.45) is 0 Å². The Morgan fingerprint density at radius 1 is 1.03 bits per heavy atom. The standard InChI is InChI=1S/C26H24N2O5/c1-18-7-12-24-27-21(13-25(30)28(24)15-18)17-33-26(31)14-23(29)20-8-10-22(11-9-20)32-16-19-5-3-2-4-6-19/h2-13,15,23,29H,14,16-17H2,1H3. The van der Waals surface area contributed by atoms with Crippen LogP contribution in [0.5, 0.6) is 5.75 Å². The smallest absolute Gasteiger partial charge is 0.309 e. The van der Waals surface area contributed by atoms with Crippen LogP contribution in [0.4, 0.5) is 0 Å². The van der Waals surface area contributed by atoms with E-state index in [0.717, 1.165) is 11.1 Å². The number of esters is 1. The van der Waals surface area contributed by atoms with Gasteiger partial charge in [0.05, 0.1) is 18.2 Å². The molecule has 2 heterocycles. The van der Waals surface area contributed by atoms with Crippen LogP contribution in [0.25, 0.3) is 5.65 Å². The Balaban J connectivity index is 1.30. The van der Waals surface area contributed by atoms with E-state index in [1.807, 2.05) is 43.3 Å². The van der Waals surface area contributed by atoms with E-state index in [0.29, 0.717) is 29.3 Å². The number of aromatic nitrogens is 2. The molecule has 0 aliphatic rings. The van der Waals surface area contributed by atoms with Crippen molar-refractivity contribution < 1.29 is 19.4 Å². The Bertz CT molecular complexity index is 1300. The maximum Gasteiger partial charge on any atom is 0.309 e. The predicted molar refractivity (Wildman–Crippen MR) is 123 cm³/mol. The molecule has 7 heteroatoms. The summed E-state index contributed by atoms with van der Waals surface area (Å²) in [5.74, 6) is 0.0825. The Morgan fingerprint density at radius 2 is 1.79 bits per heavy atom. The van der Waals surface area contributed by atoms with Crippen LogP contribution >= 0.6 is 0 Å². The summed E-state index contributed by atoms with van der Waals surface area (Å²) in [6.45, 7) is 2.19. The van der Waals surface area contributed by atoms with Crippen LogP contribution in [0, 0.1) is 6.92 Å². The maximum absolute atomic E-state index is 12.2. The summed E-state index contributed by atoms with van der Waals surface area (Å²) >= 11 is 0. The van der Waals surface area contributed by atoms with Gasteiger partial charge in [0.25, 0.3) is 5.56 Å². The van der Waals surface area contributed by atoms with Crippen LogP contribution in [0.1, 0.15) is 34.9 Å². The highest BCUT2D eigenvalue weighted by molar-refractivity contribution is 5.70. The minimum Gasteiger partial charge on any atom is -0.489 e. The number of aliphatic hydroxyl groups excluding tert-OH is 1. The number of benzene rings is 2. The first-order valence-corrected chi connectivity index (χ1v) is 10.6. The van der Waals surface area contributed by atoms with Gasteiger partial charge in [-0.1, -0.05) is 48.5 Å². The molecule has 0 saturated heterocycles. The number of aliphatic hydroxyl groups is 1. The van der Waals surface area contributed by atoms with Crippen LogP contribution < -0.4 is 10.3 Å². The number of ether oxygens (including phenoxy) is 2. The molecule has 7 nitrogen and oxygen atoms in total. The van der Waals surface area contributed by atoms with Crippen molar-refractivity contribution >= 4 is 11.6 Å². The van der Waals surface area contributed by atoms with Gasteiger partial charge in [-0.3, -0.25) is 14.0 Å². The number of pyridine rings is 1. The SMILES string of the molecule is Cc1ccc2nc(COC(=O)CC(O)c3ccc(OCc4ccccc4)cc3)cc(=O)n2c1. The van der Waals surface area contributed by atoms with Crippen molar-refractivity contribution in [2.45, 2.75) is 32.7 Å². The van der Waals surface area contributed by atoms with Crippen molar-refractivity contribution in [1.29, 1.82) is 0 Å². The Hall–Kier alpha value is -3.97. The second-order valence-corrected chi connectivity index (χ2v) is 7.74. The van der Waals surface area contributed by atoms with Gasteiger partial charge >= 0.3 is 5.97 Å². The minimum absolute atomic E-state index is 0.141. The summed E-state index contributed by atoms with van der Waals surface area (Å²) in [6, 6.07) is 21.7. The molecule has 0 amide bonds. The van der Waals surface area contributed by atoms with E-state index < -0.39 is 12.1 Å². The maximum atomic E-state index is 12.2. The highest BCUT2D eigenvalue weighted by atomic mass is 16.5. The summed E-state index contributed by atoms with van der Waals surface area (Å²) < 4.78 is 12.4. The highest BCUT2D eigenvalue weighted by Gasteiger charge is 2.15. The molecule has 4 rings (SSSR count). The number of nitrogens with zero attached hydrogens (tertiary/aromatic N) is 2. The average molecular weight is 444 g/mol. The summed E-state index contributed by atoms with van der Waals surface area (Å²) in [5, 5.41) is 10.4. The number of carbonyl (C=O) groups is 1. The molecule has 0 aliphatic heterocycles. The van der Waals surface area contributed by atoms with Gasteiger partial charge in [-0.25, -0.2) is 4.98 Å². The number of hydrogen-bond acceptors (Lipinski definition) is 6. The van der Waals surface area contributed by atoms with Crippen LogP contribution in [0.15, 0.2) is 83.8 Å². The zero-order chi connectivity index (χ0) is 23.2. The molecule has 168 valence electrons. The van der Waals surface area contributed by atoms with Crippen LogP contribution in [0.2, 0.25) is 0 Å². The van der Waals surface area contributed by atoms with Crippen molar-refractivity contribution in [2.75, 3.05) is 0 Å². The molecule has 0 fully saturated rings. The minimum atomic E-state index is -1.01. The number of fused-ring (bicyclic) bond motifs is 1. The molecular weight excluding hydrogens is 420 g/mol. The lowest BCUT2D eigenvalue weighted by molar-refractivity contribution is -0.147. The number of hydrogen-bond donors (Lipinski definition) is 1. The first kappa shape index (κ1) is 22.2. The number of carbonyl (C=O) groups excluding carboxylic acids is 1. The molecule has 0 saturated carbocycles. The van der Waals surface area contributed by atoms with E-state index in [1.165, 1.54) is 10.5 Å². The molecule has 0 aliphatic carbocycles. The topological polar surface area (TPSA) is 90.1 Å². The summed E-state index contributed by atoms with van der Waals surface area (Å²) in [7, 11) is 0. The Labute approximate surface area is 190 Å². The summed E-state index contributed by atoms with van der Waals surface area (Å²) in [4.78, 5) is 28.8. The van der Waals surface area contributed by atoms with Gasteiger partial charge in [0.2, 0.25) is 0 Å². The third-order valence-electron chi connectivity index (χ3n) is 5.11. The molecule has 1 atom stereocenters. The molecule has 4 aromatic rings. The largest absolute Gasteiger partial charge is 0.489 e. The third-order valence-corrected chi connectivity index (χ3v) is 5.11. The lowest BCUT2D eigenvalue weighted by Crippen LogP contribution is -2.17. The predicted octanol–water partition coefficient (Wildman–Crippen LogP) is 3.75. The van der Waals surface area contributed by atoms with Crippen molar-refractivity contribution in [1.82, 2.24) is 9.38 Å². The molecule has 0 radical (unpaired) electrons. The molecule has 2 aromatic carbocycles. The Kier molecular flexibility index (Phi) is 6.80. The van der Waals surface area contributed by atoms with E-state index in [-0.39, 0.29) is 18.6 Å². The number of aryl methyl sites for hydroxylation is 1. The van der Waals surface area contributed by atoms with Gasteiger partial charge in [-0.05, 0) is 41.8 Å². The summed E-state index contributed by atoms with van der Waals surface area (Å²) in [5.41, 5.74) is 3.17. The van der Waals surface area contributed by atoms with E-state index in [1.54, 1.807) is 36.5 Å². The third kappa shape index (κ3) is 5.84. The quantitative estimate of drug-likeness (QED) is 0.416. The number of rotatable bonds is 8. The average Bonchev–Trinajstić information content (AvgIpc) is 2.83. The van der Waals surface area contributed by atoms with E-state index >= 15 is 0 Å². The van der Waals surface area contributed by atoms with Crippen molar-refractivity contribution in [3.05, 3.63) is 112 Å². The zero-order valence-electron chi connectivity index (χ0n) is 18.2. The monoisotopic (exact) mass is 444 g/mol. The Morgan fingerprint density at radius 3 is 2.55 bits per heavy atom. The van der Waals surface area contributed by atoms with E-state index in [9.17, 15) is 14.7 Å². The van der Waals surface area contributed by atoms with Gasteiger partial charge in [0.1, 0.15) is 24.6 Å². The van der Waals surface area contributed by atoms with Crippen molar-refractivity contribution in [3.8, 4) is 5.75 Å². The molecule has 0 bridgehead atoms. The fourth-order valence-corrected chi connectivity index (χ4v) is 3.35. The van der Waals surface area contributed by atoms with Gasteiger partial charge in [-0.2, -0.15) is 0 Å². The molecule has 1 N–H and O–H groups in total. The fraction of sp³-hybridized carbons (Fsp3) is 0.192. The zero-order valence-corrected chi connectivity index (χ0v) is 18.2. The van der Waals surface area contributed by atoms with Crippen LogP contribution in [0.3, 0.4) is 0 Å². The molecule has 0 spiro atoms. The first-order chi connectivity index (χ1) is 16.0. The van der Waals surface area contributed by atoms with E-state index in [2.05, 4.69) is 4.98 Å². The molecular formula is C26H24N2O5. The van der Waals surface area contributed by atoms with Gasteiger partial charge in [0.15, 0.2) is 0 Å². The molecule has 33 heavy (non-hydrogen) atoms. The fourth-order valence-electron chi connectivity index (χ4n) is 3.35. The van der Waals surface area contributed by atoms with Crippen molar-refractivity contribution in [3.63, 3.8) is 0 Å². The lowest BCUT2D eigenvalue weighted by Gasteiger charge is -2.12. The lowest BCUT2D eigenvalue weighted by atomic mass is 10.1. The van der Waals surface area contributed by atoms with Crippen LogP contribution in [-0.2, 0) is 22.7 Å². The molecule has 1 unspecified atom stereocenters. The van der Waals surface area contributed by atoms with E-state index in [4.69, 9.17) is 9.47 Å². The summed E-state index contributed by atoms with van der Waals surface area (Å²) in [6.07, 6.45) is 0.476. The first-order valence-electron chi connectivity index (χ1n) is 10.6. The second-order valence-electron chi connectivity index (χ2n) is 7.74. The van der Waals surface area contributed by atoms with Gasteiger partial charge < -0.3 is 14.6 Å².